The molecule has 4 saturated carbocycles. The molecule has 4 bridgehead atoms. The third-order valence-corrected chi connectivity index (χ3v) is 12.4. The summed E-state index contributed by atoms with van der Waals surface area (Å²) in [4.78, 5) is 38.6. The highest BCUT2D eigenvalue weighted by Gasteiger charge is 2.61. The van der Waals surface area contributed by atoms with Gasteiger partial charge in [0.05, 0.1) is 6.61 Å². The number of rotatable bonds is 6. The Labute approximate surface area is 255 Å². The number of halogens is 4. The van der Waals surface area contributed by atoms with E-state index < -0.39 is 39.0 Å². The average Bonchev–Trinajstić information content (AvgIpc) is 2.85. The van der Waals surface area contributed by atoms with Crippen LogP contribution < -0.4 is 4.74 Å². The Bertz CT molecular complexity index is 1590. The Morgan fingerprint density at radius 1 is 1.00 bits per heavy atom. The van der Waals surface area contributed by atoms with E-state index in [9.17, 15) is 31.6 Å². The molecule has 2 unspecified atom stereocenters. The Morgan fingerprint density at radius 2 is 1.65 bits per heavy atom. The Morgan fingerprint density at radius 3 is 2.30 bits per heavy atom. The number of ether oxygens (including phenoxy) is 2. The van der Waals surface area contributed by atoms with Gasteiger partial charge in [0.15, 0.2) is 11.6 Å². The fourth-order valence-corrected chi connectivity index (χ4v) is 8.96. The minimum atomic E-state index is -5.96. The molecule has 40 heavy (non-hydrogen) atoms. The predicted molar refractivity (Wildman–Crippen MR) is 153 cm³/mol. The van der Waals surface area contributed by atoms with E-state index >= 15 is 0 Å². The molecule has 1 N–H and O–H groups in total. The highest BCUT2D eigenvalue weighted by molar-refractivity contribution is 14.1. The first-order valence-corrected chi connectivity index (χ1v) is 16.2. The number of fused-ring (bicyclic) bond motifs is 2. The maximum Gasteiger partial charge on any atom is 0.465 e. The topological polar surface area (TPSA) is 124 Å². The number of alkyl halides is 2. The lowest BCUT2D eigenvalue weighted by atomic mass is 9.48. The summed E-state index contributed by atoms with van der Waals surface area (Å²) in [6.45, 7) is -0.416. The first-order valence-electron chi connectivity index (χ1n) is 12.6. The Kier molecular flexibility index (Phi) is 6.67. The maximum absolute atomic E-state index is 13.8. The number of benzene rings is 2. The molecule has 0 aliphatic heterocycles. The van der Waals surface area contributed by atoms with Crippen LogP contribution in [0, 0.1) is 24.4 Å². The van der Waals surface area contributed by atoms with E-state index in [0.29, 0.717) is 54.5 Å². The summed E-state index contributed by atoms with van der Waals surface area (Å²) < 4.78 is 71.2. The van der Waals surface area contributed by atoms with Crippen molar-refractivity contribution in [1.29, 1.82) is 0 Å². The van der Waals surface area contributed by atoms with E-state index in [-0.39, 0.29) is 29.0 Å². The molecule has 2 aromatic carbocycles. The van der Waals surface area contributed by atoms with Crippen molar-refractivity contribution < 1.29 is 45.6 Å². The smallest absolute Gasteiger partial charge is 0.465 e. The molecule has 13 heteroatoms. The highest BCUT2D eigenvalue weighted by Crippen LogP contribution is 2.63. The van der Waals surface area contributed by atoms with Crippen molar-refractivity contribution in [3.63, 3.8) is 0 Å². The van der Waals surface area contributed by atoms with Crippen LogP contribution in [0.2, 0.25) is 0 Å². The van der Waals surface area contributed by atoms with Gasteiger partial charge in [-0.25, -0.2) is 4.79 Å². The average molecular weight is 798 g/mol. The van der Waals surface area contributed by atoms with Crippen LogP contribution in [-0.4, -0.2) is 48.0 Å². The van der Waals surface area contributed by atoms with Gasteiger partial charge in [0.1, 0.15) is 11.4 Å². The highest BCUT2D eigenvalue weighted by atomic mass is 127. The van der Waals surface area contributed by atoms with Crippen molar-refractivity contribution in [2.45, 2.75) is 49.4 Å². The van der Waals surface area contributed by atoms with Crippen molar-refractivity contribution in [2.24, 2.45) is 17.3 Å². The molecule has 5 aliphatic rings. The molecule has 7 rings (SSSR count). The van der Waals surface area contributed by atoms with E-state index in [4.69, 9.17) is 14.0 Å². The lowest BCUT2D eigenvalue weighted by molar-refractivity contribution is -0.187. The Balaban J connectivity index is 1.26. The van der Waals surface area contributed by atoms with Crippen molar-refractivity contribution in [1.82, 2.24) is 0 Å². The number of hydrogen-bond acceptors (Lipinski definition) is 7. The maximum atomic E-state index is 13.8. The van der Waals surface area contributed by atoms with Gasteiger partial charge in [-0.15, -0.1) is 0 Å². The second kappa shape index (κ2) is 9.39. The van der Waals surface area contributed by atoms with Gasteiger partial charge >= 0.3 is 21.3 Å². The number of ketones is 2. The SMILES string of the molecule is O=C1c2cc(OC34CC5CC(CC(COC(=O)C(F)(F)S(=O)(=O)O)(C5)C3)C4)ccc2C(=O)c2c1ccc(I)c2I. The summed E-state index contributed by atoms with van der Waals surface area (Å²) in [6.07, 6.45) is 3.94. The van der Waals surface area contributed by atoms with Crippen LogP contribution >= 0.6 is 45.2 Å². The summed E-state index contributed by atoms with van der Waals surface area (Å²) >= 11 is 4.20. The van der Waals surface area contributed by atoms with Gasteiger partial charge in [0.25, 0.3) is 0 Å². The third kappa shape index (κ3) is 4.49. The molecule has 0 heterocycles. The molecular weight excluding hydrogens is 776 g/mol. The summed E-state index contributed by atoms with van der Waals surface area (Å²) in [7, 11) is -5.96. The first-order chi connectivity index (χ1) is 18.6. The summed E-state index contributed by atoms with van der Waals surface area (Å²) in [6, 6.07) is 8.30. The van der Waals surface area contributed by atoms with Gasteiger partial charge in [-0.2, -0.15) is 17.2 Å². The van der Waals surface area contributed by atoms with Crippen LogP contribution in [0.4, 0.5) is 8.78 Å². The van der Waals surface area contributed by atoms with Crippen molar-refractivity contribution in [3.05, 3.63) is 59.7 Å². The van der Waals surface area contributed by atoms with Crippen molar-refractivity contribution in [3.8, 4) is 5.75 Å². The summed E-state index contributed by atoms with van der Waals surface area (Å²) in [5.74, 6) is -1.99. The number of hydrogen-bond donors (Lipinski definition) is 1. The second-order valence-corrected chi connectivity index (χ2v) is 15.2. The molecule has 0 aromatic heterocycles. The zero-order valence-corrected chi connectivity index (χ0v) is 25.8. The summed E-state index contributed by atoms with van der Waals surface area (Å²) in [5.41, 5.74) is -0.0674. The second-order valence-electron chi connectivity index (χ2n) is 11.5. The lowest BCUT2D eigenvalue weighted by Crippen LogP contribution is -2.59. The van der Waals surface area contributed by atoms with Gasteiger partial charge in [-0.05, 0) is 126 Å². The number of esters is 1. The molecule has 212 valence electrons. The minimum absolute atomic E-state index is 0.194. The standard InChI is InChI=1S/C27H22F2I2O8S/c28-27(29,40(35,36)37)24(34)38-12-25-7-13-5-14(8-25)10-26(9-13,11-25)39-15-1-2-16-18(6-15)22(32)17-3-4-19(30)21(31)20(17)23(16)33/h1-4,6,13-14H,5,7-12H2,(H,35,36,37). The third-order valence-electron chi connectivity index (χ3n) is 8.58. The van der Waals surface area contributed by atoms with Gasteiger partial charge in [-0.3, -0.25) is 14.1 Å². The number of carbonyl (C=O) groups excluding carboxylic acids is 3. The first kappa shape index (κ1) is 28.4. The molecule has 8 nitrogen and oxygen atoms in total. The molecule has 5 aliphatic carbocycles. The van der Waals surface area contributed by atoms with Crippen LogP contribution in [0.1, 0.15) is 70.4 Å². The molecule has 0 amide bonds. The van der Waals surface area contributed by atoms with E-state index in [1.807, 2.05) is 0 Å². The zero-order valence-electron chi connectivity index (χ0n) is 20.7. The van der Waals surface area contributed by atoms with E-state index in [0.717, 1.165) is 13.6 Å². The van der Waals surface area contributed by atoms with E-state index in [1.165, 1.54) is 0 Å². The Hall–Kier alpha value is -1.72. The van der Waals surface area contributed by atoms with Crippen molar-refractivity contribution in [2.75, 3.05) is 6.61 Å². The van der Waals surface area contributed by atoms with Crippen LogP contribution in [0.3, 0.4) is 0 Å². The molecule has 2 aromatic rings. The van der Waals surface area contributed by atoms with Crippen LogP contribution in [0.5, 0.6) is 5.75 Å². The fourth-order valence-electron chi connectivity index (χ4n) is 7.53. The van der Waals surface area contributed by atoms with E-state index in [1.54, 1.807) is 30.3 Å². The predicted octanol–water partition coefficient (Wildman–Crippen LogP) is 5.41. The van der Waals surface area contributed by atoms with Crippen LogP contribution in [0.15, 0.2) is 30.3 Å². The number of carbonyl (C=O) groups is 3. The van der Waals surface area contributed by atoms with Crippen molar-refractivity contribution >= 4 is 72.8 Å². The monoisotopic (exact) mass is 798 g/mol. The largest absolute Gasteiger partial charge is 0.487 e. The van der Waals surface area contributed by atoms with Gasteiger partial charge in [0, 0.05) is 34.8 Å². The molecule has 0 saturated heterocycles. The van der Waals surface area contributed by atoms with Gasteiger partial charge < -0.3 is 9.47 Å². The molecular formula is C27H22F2I2O8S. The molecule has 4 fully saturated rings. The fraction of sp³-hybridized carbons (Fsp3) is 0.444. The van der Waals surface area contributed by atoms with Gasteiger partial charge in [-0.1, -0.05) is 0 Å². The van der Waals surface area contributed by atoms with Gasteiger partial charge in [0.2, 0.25) is 0 Å². The van der Waals surface area contributed by atoms with Crippen LogP contribution in [-0.2, 0) is 19.6 Å². The van der Waals surface area contributed by atoms with Crippen LogP contribution in [0.25, 0.3) is 0 Å². The molecule has 0 radical (unpaired) electrons. The summed E-state index contributed by atoms with van der Waals surface area (Å²) in [5, 5.41) is -5.05. The zero-order chi connectivity index (χ0) is 28.8. The lowest BCUT2D eigenvalue weighted by Gasteiger charge is -2.61. The van der Waals surface area contributed by atoms with E-state index in [2.05, 4.69) is 45.2 Å². The quantitative estimate of drug-likeness (QED) is 0.200. The molecule has 2 atom stereocenters. The molecule has 0 spiro atoms. The normalized spacial score (nSPS) is 28.7. The minimum Gasteiger partial charge on any atom is -0.487 e.